The molecule has 2 N–H and O–H groups in total. The van der Waals surface area contributed by atoms with Gasteiger partial charge in [-0.2, -0.15) is 5.10 Å². The average molecular weight is 274 g/mol. The zero-order chi connectivity index (χ0) is 13.9. The topological polar surface area (TPSA) is 75.2 Å². The lowest BCUT2D eigenvalue weighted by molar-refractivity contribution is 0.297. The third-order valence-electron chi connectivity index (χ3n) is 3.18. The van der Waals surface area contributed by atoms with Crippen molar-refractivity contribution in [3.8, 4) is 22.9 Å². The van der Waals surface area contributed by atoms with Gasteiger partial charge in [-0.1, -0.05) is 0 Å². The minimum absolute atomic E-state index is 0.546. The predicted octanol–water partition coefficient (Wildman–Crippen LogP) is 1.14. The van der Waals surface area contributed by atoms with Crippen LogP contribution in [-0.4, -0.2) is 34.5 Å². The average Bonchev–Trinajstić information content (AvgIpc) is 2.68. The van der Waals surface area contributed by atoms with E-state index in [0.29, 0.717) is 26.2 Å². The number of fused-ring (bicyclic) bond motifs is 1. The van der Waals surface area contributed by atoms with Gasteiger partial charge in [0.2, 0.25) is 0 Å². The SMILES string of the molecule is Cn1nc(CCN)nc1-c1ccc2c(c1)OCCCO2. The van der Waals surface area contributed by atoms with E-state index in [1.54, 1.807) is 4.68 Å². The molecule has 3 rings (SSSR count). The van der Waals surface area contributed by atoms with Crippen LogP contribution in [0.3, 0.4) is 0 Å². The van der Waals surface area contributed by atoms with Crippen LogP contribution >= 0.6 is 0 Å². The van der Waals surface area contributed by atoms with E-state index in [1.807, 2.05) is 25.2 Å². The van der Waals surface area contributed by atoms with Crippen molar-refractivity contribution in [2.24, 2.45) is 12.8 Å². The summed E-state index contributed by atoms with van der Waals surface area (Å²) in [5.41, 5.74) is 6.51. The molecular weight excluding hydrogens is 256 g/mol. The van der Waals surface area contributed by atoms with Gasteiger partial charge in [0.1, 0.15) is 0 Å². The van der Waals surface area contributed by atoms with Crippen LogP contribution in [0.15, 0.2) is 18.2 Å². The number of nitrogens with zero attached hydrogens (tertiary/aromatic N) is 3. The summed E-state index contributed by atoms with van der Waals surface area (Å²) >= 11 is 0. The highest BCUT2D eigenvalue weighted by Crippen LogP contribution is 2.33. The Labute approximate surface area is 117 Å². The molecule has 20 heavy (non-hydrogen) atoms. The molecular formula is C14H18N4O2. The van der Waals surface area contributed by atoms with Gasteiger partial charge in [-0.25, -0.2) is 9.67 Å². The first-order valence-corrected chi connectivity index (χ1v) is 6.78. The van der Waals surface area contributed by atoms with Gasteiger partial charge in [-0.05, 0) is 24.7 Å². The normalized spacial score (nSPS) is 14.1. The van der Waals surface area contributed by atoms with Crippen LogP contribution in [0.25, 0.3) is 11.4 Å². The zero-order valence-corrected chi connectivity index (χ0v) is 11.5. The summed E-state index contributed by atoms with van der Waals surface area (Å²) < 4.78 is 13.1. The van der Waals surface area contributed by atoms with Gasteiger partial charge in [0.05, 0.1) is 13.2 Å². The number of rotatable bonds is 3. The van der Waals surface area contributed by atoms with Crippen molar-refractivity contribution in [1.29, 1.82) is 0 Å². The summed E-state index contributed by atoms with van der Waals surface area (Å²) in [6.07, 6.45) is 1.58. The van der Waals surface area contributed by atoms with E-state index in [-0.39, 0.29) is 0 Å². The van der Waals surface area contributed by atoms with E-state index in [1.165, 1.54) is 0 Å². The molecule has 1 aromatic carbocycles. The van der Waals surface area contributed by atoms with Crippen LogP contribution in [0.2, 0.25) is 0 Å². The van der Waals surface area contributed by atoms with Gasteiger partial charge in [0, 0.05) is 25.5 Å². The van der Waals surface area contributed by atoms with Crippen LogP contribution in [0.5, 0.6) is 11.5 Å². The molecule has 1 aromatic heterocycles. The van der Waals surface area contributed by atoms with Crippen LogP contribution in [0.1, 0.15) is 12.2 Å². The Morgan fingerprint density at radius 2 is 2.05 bits per heavy atom. The molecule has 0 aliphatic carbocycles. The summed E-state index contributed by atoms with van der Waals surface area (Å²) in [6, 6.07) is 5.86. The van der Waals surface area contributed by atoms with Gasteiger partial charge in [0.15, 0.2) is 23.1 Å². The number of ether oxygens (including phenoxy) is 2. The summed E-state index contributed by atoms with van der Waals surface area (Å²) in [5, 5.41) is 4.36. The van der Waals surface area contributed by atoms with Crippen molar-refractivity contribution in [1.82, 2.24) is 14.8 Å². The molecule has 0 spiro atoms. The lowest BCUT2D eigenvalue weighted by atomic mass is 10.2. The highest BCUT2D eigenvalue weighted by molar-refractivity contribution is 5.61. The number of aryl methyl sites for hydroxylation is 1. The van der Waals surface area contributed by atoms with E-state index in [4.69, 9.17) is 15.2 Å². The summed E-state index contributed by atoms with van der Waals surface area (Å²) in [5.74, 6) is 3.13. The fourth-order valence-electron chi connectivity index (χ4n) is 2.23. The molecule has 1 aliphatic rings. The van der Waals surface area contributed by atoms with Crippen molar-refractivity contribution in [2.45, 2.75) is 12.8 Å². The Bertz CT molecular complexity index is 609. The molecule has 1 aliphatic heterocycles. The summed E-state index contributed by atoms with van der Waals surface area (Å²) in [6.45, 7) is 1.91. The number of hydrogen-bond acceptors (Lipinski definition) is 5. The van der Waals surface area contributed by atoms with Gasteiger partial charge in [-0.3, -0.25) is 0 Å². The maximum Gasteiger partial charge on any atom is 0.161 e. The molecule has 6 heteroatoms. The molecule has 0 saturated carbocycles. The molecule has 0 radical (unpaired) electrons. The Morgan fingerprint density at radius 3 is 2.85 bits per heavy atom. The van der Waals surface area contributed by atoms with E-state index in [2.05, 4.69) is 10.1 Å². The lowest BCUT2D eigenvalue weighted by Gasteiger charge is -2.08. The van der Waals surface area contributed by atoms with Crippen molar-refractivity contribution in [3.05, 3.63) is 24.0 Å². The van der Waals surface area contributed by atoms with Crippen molar-refractivity contribution in [2.75, 3.05) is 19.8 Å². The third-order valence-corrected chi connectivity index (χ3v) is 3.18. The maximum absolute atomic E-state index is 5.70. The highest BCUT2D eigenvalue weighted by atomic mass is 16.5. The fraction of sp³-hybridized carbons (Fsp3) is 0.429. The molecule has 0 bridgehead atoms. The molecule has 2 aromatic rings. The Balaban J connectivity index is 1.96. The van der Waals surface area contributed by atoms with Gasteiger partial charge < -0.3 is 15.2 Å². The standard InChI is InChI=1S/C14H18N4O2/c1-18-14(16-13(17-18)5-6-15)10-3-4-11-12(9-10)20-8-2-7-19-11/h3-4,9H,2,5-8,15H2,1H3. The number of benzene rings is 1. The van der Waals surface area contributed by atoms with E-state index >= 15 is 0 Å². The lowest BCUT2D eigenvalue weighted by Crippen LogP contribution is -2.04. The van der Waals surface area contributed by atoms with E-state index in [9.17, 15) is 0 Å². The largest absolute Gasteiger partial charge is 0.490 e. The molecule has 0 fully saturated rings. The van der Waals surface area contributed by atoms with Gasteiger partial charge in [0.25, 0.3) is 0 Å². The Hall–Kier alpha value is -2.08. The van der Waals surface area contributed by atoms with Gasteiger partial charge >= 0.3 is 0 Å². The molecule has 0 unspecified atom stereocenters. The second-order valence-electron chi connectivity index (χ2n) is 4.73. The minimum Gasteiger partial charge on any atom is -0.490 e. The molecule has 0 atom stereocenters. The third kappa shape index (κ3) is 2.46. The Morgan fingerprint density at radius 1 is 1.25 bits per heavy atom. The summed E-state index contributed by atoms with van der Waals surface area (Å²) in [7, 11) is 1.88. The second-order valence-corrected chi connectivity index (χ2v) is 4.73. The van der Waals surface area contributed by atoms with E-state index < -0.39 is 0 Å². The predicted molar refractivity (Wildman–Crippen MR) is 74.8 cm³/mol. The second kappa shape index (κ2) is 5.50. The number of hydrogen-bond donors (Lipinski definition) is 1. The van der Waals surface area contributed by atoms with Crippen LogP contribution in [-0.2, 0) is 13.5 Å². The Kier molecular flexibility index (Phi) is 3.56. The zero-order valence-electron chi connectivity index (χ0n) is 11.5. The summed E-state index contributed by atoms with van der Waals surface area (Å²) in [4.78, 5) is 4.52. The monoisotopic (exact) mass is 274 g/mol. The van der Waals surface area contributed by atoms with Crippen LogP contribution in [0, 0.1) is 0 Å². The smallest absolute Gasteiger partial charge is 0.161 e. The molecule has 0 amide bonds. The number of nitrogens with two attached hydrogens (primary N) is 1. The van der Waals surface area contributed by atoms with Crippen molar-refractivity contribution < 1.29 is 9.47 Å². The van der Waals surface area contributed by atoms with Crippen molar-refractivity contribution >= 4 is 0 Å². The van der Waals surface area contributed by atoms with Crippen LogP contribution in [0.4, 0.5) is 0 Å². The molecule has 6 nitrogen and oxygen atoms in total. The number of aromatic nitrogens is 3. The highest BCUT2D eigenvalue weighted by Gasteiger charge is 2.14. The van der Waals surface area contributed by atoms with E-state index in [0.717, 1.165) is 35.1 Å². The van der Waals surface area contributed by atoms with Crippen LogP contribution < -0.4 is 15.2 Å². The molecule has 106 valence electrons. The minimum atomic E-state index is 0.546. The first-order valence-electron chi connectivity index (χ1n) is 6.78. The molecule has 2 heterocycles. The quantitative estimate of drug-likeness (QED) is 0.908. The first kappa shape index (κ1) is 12.9. The first-order chi connectivity index (χ1) is 9.78. The maximum atomic E-state index is 5.70. The van der Waals surface area contributed by atoms with Gasteiger partial charge in [-0.15, -0.1) is 0 Å². The molecule has 0 saturated heterocycles. The fourth-order valence-corrected chi connectivity index (χ4v) is 2.23. The van der Waals surface area contributed by atoms with Crippen molar-refractivity contribution in [3.63, 3.8) is 0 Å².